The van der Waals surface area contributed by atoms with Crippen molar-refractivity contribution in [2.75, 3.05) is 0 Å². The summed E-state index contributed by atoms with van der Waals surface area (Å²) in [6.45, 7) is 10.9. The van der Waals surface area contributed by atoms with Gasteiger partial charge in [-0.15, -0.1) is 0 Å². The third-order valence-corrected chi connectivity index (χ3v) is 5.01. The Hall–Kier alpha value is -0.113. The van der Waals surface area contributed by atoms with Crippen LogP contribution in [-0.2, 0) is 4.79 Å². The van der Waals surface area contributed by atoms with E-state index in [1.807, 2.05) is 6.92 Å². The molecule has 0 heterocycles. The Bertz CT molecular complexity index is 135. The molecule has 0 radical (unpaired) electrons. The highest BCUT2D eigenvalue weighted by Gasteiger charge is 2.29. The minimum atomic E-state index is -1.22. The van der Waals surface area contributed by atoms with Gasteiger partial charge in [-0.1, -0.05) is 33.5 Å². The molecule has 0 bridgehead atoms. The number of carbonyl (C=O) groups is 1. The predicted octanol–water partition coefficient (Wildman–Crippen LogP) is 3.08. The maximum Gasteiger partial charge on any atom is 0.133 e. The average Bonchev–Trinajstić information content (AvgIpc) is 1.86. The Labute approximate surface area is 71.2 Å². The zero-order valence-corrected chi connectivity index (χ0v) is 9.40. The van der Waals surface area contributed by atoms with Crippen LogP contribution in [0.1, 0.15) is 26.7 Å². The minimum Gasteiger partial charge on any atom is -0.300 e. The van der Waals surface area contributed by atoms with Crippen molar-refractivity contribution in [2.45, 2.75) is 51.9 Å². The van der Waals surface area contributed by atoms with E-state index in [2.05, 4.69) is 26.6 Å². The van der Waals surface area contributed by atoms with Gasteiger partial charge in [0, 0.05) is 12.0 Å². The second kappa shape index (κ2) is 4.05. The van der Waals surface area contributed by atoms with Crippen LogP contribution in [0.3, 0.4) is 0 Å². The third kappa shape index (κ3) is 3.19. The van der Waals surface area contributed by atoms with Crippen LogP contribution in [0.15, 0.2) is 0 Å². The highest BCUT2D eigenvalue weighted by Crippen LogP contribution is 2.26. The van der Waals surface area contributed by atoms with Gasteiger partial charge in [0.2, 0.25) is 0 Å². The Balaban J connectivity index is 4.29. The first-order chi connectivity index (χ1) is 4.93. The Morgan fingerprint density at radius 2 is 1.73 bits per heavy atom. The predicted molar refractivity (Wildman–Crippen MR) is 52.7 cm³/mol. The van der Waals surface area contributed by atoms with Crippen molar-refractivity contribution >= 4 is 13.9 Å². The van der Waals surface area contributed by atoms with Crippen molar-refractivity contribution in [3.63, 3.8) is 0 Å². The lowest BCUT2D eigenvalue weighted by atomic mass is 10.2. The Morgan fingerprint density at radius 1 is 1.27 bits per heavy atom. The third-order valence-electron chi connectivity index (χ3n) is 2.19. The molecule has 0 aromatic rings. The normalized spacial score (nSPS) is 14.6. The number of rotatable bonds is 4. The lowest BCUT2D eigenvalue weighted by Crippen LogP contribution is -2.32. The molecule has 0 aliphatic carbocycles. The molecule has 1 unspecified atom stereocenters. The first-order valence-electron chi connectivity index (χ1n) is 4.46. The van der Waals surface area contributed by atoms with Gasteiger partial charge in [0.25, 0.3) is 0 Å². The smallest absolute Gasteiger partial charge is 0.133 e. The van der Waals surface area contributed by atoms with E-state index >= 15 is 0 Å². The van der Waals surface area contributed by atoms with Crippen molar-refractivity contribution in [3.8, 4) is 0 Å². The van der Waals surface area contributed by atoms with Gasteiger partial charge in [-0.25, -0.2) is 0 Å². The molecule has 66 valence electrons. The van der Waals surface area contributed by atoms with E-state index in [-0.39, 0.29) is 0 Å². The highest BCUT2D eigenvalue weighted by molar-refractivity contribution is 6.80. The molecule has 0 rings (SSSR count). The summed E-state index contributed by atoms with van der Waals surface area (Å²) in [4.78, 5) is 11.4. The molecular formula is C9H20OSi. The topological polar surface area (TPSA) is 17.1 Å². The van der Waals surface area contributed by atoms with E-state index < -0.39 is 8.07 Å². The molecule has 1 atom stereocenters. The second-order valence-corrected chi connectivity index (χ2v) is 9.58. The van der Waals surface area contributed by atoms with Crippen LogP contribution in [0.2, 0.25) is 25.2 Å². The van der Waals surface area contributed by atoms with Crippen molar-refractivity contribution in [2.24, 2.45) is 0 Å². The second-order valence-electron chi connectivity index (χ2n) is 4.15. The summed E-state index contributed by atoms with van der Waals surface area (Å²) in [5, 5.41) is 0. The summed E-state index contributed by atoms with van der Waals surface area (Å²) in [6.07, 6.45) is 1.74. The molecular weight excluding hydrogens is 152 g/mol. The molecule has 11 heavy (non-hydrogen) atoms. The quantitative estimate of drug-likeness (QED) is 0.596. The van der Waals surface area contributed by atoms with Crippen LogP contribution in [0.25, 0.3) is 0 Å². The number of carbonyl (C=O) groups excluding carboxylic acids is 1. The van der Waals surface area contributed by atoms with E-state index in [4.69, 9.17) is 0 Å². The van der Waals surface area contributed by atoms with Crippen LogP contribution in [-0.4, -0.2) is 13.9 Å². The van der Waals surface area contributed by atoms with E-state index in [0.29, 0.717) is 17.7 Å². The standard InChI is InChI=1S/C9H20OSi/c1-6-8(10)9(7-2)11(3,4)5/h9H,6-7H2,1-5H3. The molecule has 0 aromatic heterocycles. The van der Waals surface area contributed by atoms with Gasteiger partial charge in [-0.05, 0) is 6.42 Å². The minimum absolute atomic E-state index is 0.382. The maximum absolute atomic E-state index is 11.4. The van der Waals surface area contributed by atoms with E-state index in [1.54, 1.807) is 0 Å². The number of Topliss-reactive ketones (excluding diaryl/α,β-unsaturated/α-hetero) is 1. The fraction of sp³-hybridized carbons (Fsp3) is 0.889. The fourth-order valence-corrected chi connectivity index (χ4v) is 3.96. The van der Waals surface area contributed by atoms with Crippen molar-refractivity contribution in [1.29, 1.82) is 0 Å². The maximum atomic E-state index is 11.4. The van der Waals surface area contributed by atoms with Gasteiger partial charge < -0.3 is 0 Å². The van der Waals surface area contributed by atoms with Gasteiger partial charge >= 0.3 is 0 Å². The van der Waals surface area contributed by atoms with Crippen LogP contribution in [0.4, 0.5) is 0 Å². The summed E-state index contributed by atoms with van der Waals surface area (Å²) < 4.78 is 0. The van der Waals surface area contributed by atoms with Crippen LogP contribution < -0.4 is 0 Å². The van der Waals surface area contributed by atoms with Gasteiger partial charge in [0.05, 0.1) is 8.07 Å². The molecule has 0 aliphatic rings. The summed E-state index contributed by atoms with van der Waals surface area (Å²) >= 11 is 0. The summed E-state index contributed by atoms with van der Waals surface area (Å²) in [6, 6.07) is 0. The molecule has 1 nitrogen and oxygen atoms in total. The zero-order chi connectivity index (χ0) is 9.07. The highest BCUT2D eigenvalue weighted by atomic mass is 28.3. The van der Waals surface area contributed by atoms with Crippen molar-refractivity contribution < 1.29 is 4.79 Å². The molecule has 0 amide bonds. The van der Waals surface area contributed by atoms with Gasteiger partial charge in [-0.2, -0.15) is 0 Å². The summed E-state index contributed by atoms with van der Waals surface area (Å²) in [5.74, 6) is 0.465. The van der Waals surface area contributed by atoms with E-state index in [9.17, 15) is 4.79 Å². The molecule has 0 aliphatic heterocycles. The SMILES string of the molecule is CCC(=O)C(CC)[Si](C)(C)C. The fourth-order valence-electron chi connectivity index (χ4n) is 1.57. The molecule has 2 heteroatoms. The van der Waals surface area contributed by atoms with Gasteiger partial charge in [0.15, 0.2) is 0 Å². The van der Waals surface area contributed by atoms with Crippen molar-refractivity contribution in [1.82, 2.24) is 0 Å². The number of hydrogen-bond donors (Lipinski definition) is 0. The lowest BCUT2D eigenvalue weighted by Gasteiger charge is -2.25. The molecule has 0 N–H and O–H groups in total. The Kier molecular flexibility index (Phi) is 4.01. The summed E-state index contributed by atoms with van der Waals surface area (Å²) in [5.41, 5.74) is 0.382. The first-order valence-corrected chi connectivity index (χ1v) is 8.03. The molecule has 0 aromatic carbocycles. The van der Waals surface area contributed by atoms with Crippen molar-refractivity contribution in [3.05, 3.63) is 0 Å². The molecule has 0 fully saturated rings. The van der Waals surface area contributed by atoms with Crippen LogP contribution >= 0.6 is 0 Å². The lowest BCUT2D eigenvalue weighted by molar-refractivity contribution is -0.118. The number of ketones is 1. The van der Waals surface area contributed by atoms with Gasteiger partial charge in [0.1, 0.15) is 5.78 Å². The van der Waals surface area contributed by atoms with E-state index in [1.165, 1.54) is 0 Å². The van der Waals surface area contributed by atoms with Gasteiger partial charge in [-0.3, -0.25) is 4.79 Å². The zero-order valence-electron chi connectivity index (χ0n) is 8.40. The largest absolute Gasteiger partial charge is 0.300 e. The number of hydrogen-bond acceptors (Lipinski definition) is 1. The summed E-state index contributed by atoms with van der Waals surface area (Å²) in [7, 11) is -1.22. The van der Waals surface area contributed by atoms with E-state index in [0.717, 1.165) is 6.42 Å². The van der Waals surface area contributed by atoms with Crippen LogP contribution in [0, 0.1) is 0 Å². The first kappa shape index (κ1) is 10.9. The molecule has 0 saturated carbocycles. The Morgan fingerprint density at radius 3 is 1.82 bits per heavy atom. The molecule has 0 spiro atoms. The average molecular weight is 172 g/mol. The monoisotopic (exact) mass is 172 g/mol. The molecule has 0 saturated heterocycles. The van der Waals surface area contributed by atoms with Crippen LogP contribution in [0.5, 0.6) is 0 Å².